The van der Waals surface area contributed by atoms with E-state index in [4.69, 9.17) is 15.5 Å². The Bertz CT molecular complexity index is 1480. The van der Waals surface area contributed by atoms with E-state index in [0.29, 0.717) is 16.1 Å². The number of fused-ring (bicyclic) bond motifs is 1. The average molecular weight is 515 g/mol. The fourth-order valence-electron chi connectivity index (χ4n) is 3.86. The second-order valence-corrected chi connectivity index (χ2v) is 9.40. The highest BCUT2D eigenvalue weighted by molar-refractivity contribution is 9.10. The van der Waals surface area contributed by atoms with Crippen molar-refractivity contribution in [3.05, 3.63) is 99.8 Å². The molecule has 0 saturated carbocycles. The molecule has 0 aliphatic carbocycles. The number of methoxy groups -OCH3 is 1. The first-order valence-electron chi connectivity index (χ1n) is 10.3. The maximum Gasteiger partial charge on any atom is 0.205 e. The van der Waals surface area contributed by atoms with Gasteiger partial charge in [0, 0.05) is 26.5 Å². The SMILES string of the molecule is COc1ccccc1-c1cc(-c2ccccc2)nc2sc(C(=O)c3ccc(Br)cc3)c(N)c12. The van der Waals surface area contributed by atoms with Gasteiger partial charge in [-0.15, -0.1) is 11.3 Å². The number of benzene rings is 3. The molecule has 33 heavy (non-hydrogen) atoms. The van der Waals surface area contributed by atoms with Gasteiger partial charge in [-0.05, 0) is 42.0 Å². The zero-order chi connectivity index (χ0) is 22.9. The minimum absolute atomic E-state index is 0.116. The molecule has 0 radical (unpaired) electrons. The third-order valence-corrected chi connectivity index (χ3v) is 7.11. The minimum atomic E-state index is -0.116. The molecule has 6 heteroatoms. The summed E-state index contributed by atoms with van der Waals surface area (Å²) in [6, 6.07) is 27.1. The Morgan fingerprint density at radius 1 is 0.939 bits per heavy atom. The van der Waals surface area contributed by atoms with Crippen molar-refractivity contribution in [2.75, 3.05) is 12.8 Å². The molecule has 0 saturated heterocycles. The highest BCUT2D eigenvalue weighted by Gasteiger charge is 2.23. The molecule has 5 rings (SSSR count). The summed E-state index contributed by atoms with van der Waals surface area (Å²) in [7, 11) is 1.65. The van der Waals surface area contributed by atoms with Crippen molar-refractivity contribution in [2.24, 2.45) is 0 Å². The van der Waals surface area contributed by atoms with Crippen molar-refractivity contribution in [3.8, 4) is 28.1 Å². The summed E-state index contributed by atoms with van der Waals surface area (Å²) >= 11 is 4.74. The predicted molar refractivity (Wildman–Crippen MR) is 139 cm³/mol. The maximum atomic E-state index is 13.3. The number of nitrogen functional groups attached to an aromatic ring is 1. The summed E-state index contributed by atoms with van der Waals surface area (Å²) in [5, 5.41) is 0.768. The number of ether oxygens (including phenoxy) is 1. The third-order valence-electron chi connectivity index (χ3n) is 5.48. The minimum Gasteiger partial charge on any atom is -0.496 e. The molecule has 0 amide bonds. The molecular formula is C27H19BrN2O2S. The number of thiophene rings is 1. The van der Waals surface area contributed by atoms with E-state index < -0.39 is 0 Å². The number of aromatic nitrogens is 1. The molecular weight excluding hydrogens is 496 g/mol. The lowest BCUT2D eigenvalue weighted by Gasteiger charge is -2.12. The number of hydrogen-bond acceptors (Lipinski definition) is 5. The van der Waals surface area contributed by atoms with Crippen LogP contribution in [0.25, 0.3) is 32.6 Å². The van der Waals surface area contributed by atoms with E-state index in [1.54, 1.807) is 19.2 Å². The molecule has 4 nitrogen and oxygen atoms in total. The van der Waals surface area contributed by atoms with Crippen LogP contribution in [0.15, 0.2) is 89.4 Å². The molecule has 0 bridgehead atoms. The lowest BCUT2D eigenvalue weighted by atomic mass is 9.98. The van der Waals surface area contributed by atoms with Crippen LogP contribution < -0.4 is 10.5 Å². The lowest BCUT2D eigenvalue weighted by Crippen LogP contribution is -2.02. The van der Waals surface area contributed by atoms with Gasteiger partial charge in [0.2, 0.25) is 5.78 Å². The first-order valence-corrected chi connectivity index (χ1v) is 11.9. The zero-order valence-electron chi connectivity index (χ0n) is 17.7. The van der Waals surface area contributed by atoms with Crippen molar-refractivity contribution in [3.63, 3.8) is 0 Å². The third kappa shape index (κ3) is 3.92. The number of carbonyl (C=O) groups excluding carboxylic acids is 1. The second-order valence-electron chi connectivity index (χ2n) is 7.48. The van der Waals surface area contributed by atoms with Gasteiger partial charge in [-0.25, -0.2) is 4.98 Å². The molecule has 0 fully saturated rings. The van der Waals surface area contributed by atoms with Gasteiger partial charge < -0.3 is 10.5 Å². The van der Waals surface area contributed by atoms with Crippen LogP contribution in [0.4, 0.5) is 5.69 Å². The van der Waals surface area contributed by atoms with Gasteiger partial charge in [0.1, 0.15) is 15.5 Å². The summed E-state index contributed by atoms with van der Waals surface area (Å²) < 4.78 is 6.55. The van der Waals surface area contributed by atoms with E-state index in [2.05, 4.69) is 15.9 Å². The largest absolute Gasteiger partial charge is 0.496 e. The molecule has 2 aromatic heterocycles. The van der Waals surface area contributed by atoms with Gasteiger partial charge in [0.25, 0.3) is 0 Å². The van der Waals surface area contributed by atoms with Crippen molar-refractivity contribution in [2.45, 2.75) is 0 Å². The normalized spacial score (nSPS) is 11.0. The highest BCUT2D eigenvalue weighted by Crippen LogP contribution is 2.44. The topological polar surface area (TPSA) is 65.2 Å². The molecule has 0 aliphatic heterocycles. The Balaban J connectivity index is 1.78. The number of nitrogens with zero attached hydrogens (tertiary/aromatic N) is 1. The van der Waals surface area contributed by atoms with Crippen molar-refractivity contribution >= 4 is 49.0 Å². The molecule has 5 aromatic rings. The maximum absolute atomic E-state index is 13.3. The van der Waals surface area contributed by atoms with E-state index >= 15 is 0 Å². The van der Waals surface area contributed by atoms with Gasteiger partial charge in [-0.3, -0.25) is 4.79 Å². The lowest BCUT2D eigenvalue weighted by molar-refractivity contribution is 0.104. The van der Waals surface area contributed by atoms with Gasteiger partial charge in [-0.1, -0.05) is 64.5 Å². The fourth-order valence-corrected chi connectivity index (χ4v) is 5.20. The molecule has 2 heterocycles. The number of rotatable bonds is 5. The Morgan fingerprint density at radius 3 is 2.36 bits per heavy atom. The Hall–Kier alpha value is -3.48. The summed E-state index contributed by atoms with van der Waals surface area (Å²) in [6.45, 7) is 0. The van der Waals surface area contributed by atoms with Crippen LogP contribution >= 0.6 is 27.3 Å². The molecule has 0 unspecified atom stereocenters. The van der Waals surface area contributed by atoms with Crippen LogP contribution in [0, 0.1) is 0 Å². The van der Waals surface area contributed by atoms with E-state index in [9.17, 15) is 4.79 Å². The van der Waals surface area contributed by atoms with E-state index in [1.165, 1.54) is 11.3 Å². The van der Waals surface area contributed by atoms with Crippen LogP contribution in [0.3, 0.4) is 0 Å². The van der Waals surface area contributed by atoms with Crippen molar-refractivity contribution in [1.29, 1.82) is 0 Å². The van der Waals surface area contributed by atoms with Crippen LogP contribution in [0.5, 0.6) is 5.75 Å². The van der Waals surface area contributed by atoms with E-state index in [-0.39, 0.29) is 5.78 Å². The highest BCUT2D eigenvalue weighted by atomic mass is 79.9. The van der Waals surface area contributed by atoms with Crippen LogP contribution in [-0.4, -0.2) is 17.9 Å². The number of para-hydroxylation sites is 1. The summed E-state index contributed by atoms with van der Waals surface area (Å²) in [5.41, 5.74) is 11.2. The van der Waals surface area contributed by atoms with Crippen molar-refractivity contribution < 1.29 is 9.53 Å². The number of pyridine rings is 1. The predicted octanol–water partition coefficient (Wildman–Crippen LogP) is 7.21. The zero-order valence-corrected chi connectivity index (χ0v) is 20.1. The number of ketones is 1. The number of anilines is 1. The molecule has 0 aliphatic rings. The quantitative estimate of drug-likeness (QED) is 0.251. The van der Waals surface area contributed by atoms with Gasteiger partial charge >= 0.3 is 0 Å². The number of hydrogen-bond donors (Lipinski definition) is 1. The van der Waals surface area contributed by atoms with Gasteiger partial charge in [0.05, 0.1) is 18.5 Å². The second kappa shape index (κ2) is 8.81. The fraction of sp³-hybridized carbons (Fsp3) is 0.0370. The Morgan fingerprint density at radius 2 is 1.64 bits per heavy atom. The van der Waals surface area contributed by atoms with Crippen LogP contribution in [0.2, 0.25) is 0 Å². The van der Waals surface area contributed by atoms with E-state index in [1.807, 2.05) is 72.8 Å². The van der Waals surface area contributed by atoms with E-state index in [0.717, 1.165) is 42.8 Å². The number of nitrogens with two attached hydrogens (primary N) is 1. The van der Waals surface area contributed by atoms with Gasteiger partial charge in [-0.2, -0.15) is 0 Å². The Labute approximate surface area is 203 Å². The molecule has 2 N–H and O–H groups in total. The average Bonchev–Trinajstić information content (AvgIpc) is 3.20. The molecule has 0 atom stereocenters. The van der Waals surface area contributed by atoms with Crippen molar-refractivity contribution in [1.82, 2.24) is 4.98 Å². The summed E-state index contributed by atoms with van der Waals surface area (Å²) in [4.78, 5) is 19.4. The van der Waals surface area contributed by atoms with Gasteiger partial charge in [0.15, 0.2) is 0 Å². The van der Waals surface area contributed by atoms with Crippen LogP contribution in [0.1, 0.15) is 15.2 Å². The molecule has 162 valence electrons. The standard InChI is InChI=1S/C27H19BrN2O2S/c1-32-22-10-6-5-9-19(22)20-15-21(16-7-3-2-4-8-16)30-27-23(20)24(29)26(33-27)25(31)17-11-13-18(28)14-12-17/h2-15H,29H2,1H3. The monoisotopic (exact) mass is 514 g/mol. The Kier molecular flexibility index (Phi) is 5.70. The first-order chi connectivity index (χ1) is 16.1. The first kappa shape index (κ1) is 21.4. The van der Waals surface area contributed by atoms with Crippen LogP contribution in [-0.2, 0) is 0 Å². The molecule has 0 spiro atoms. The smallest absolute Gasteiger partial charge is 0.205 e. The summed E-state index contributed by atoms with van der Waals surface area (Å²) in [6.07, 6.45) is 0. The number of halogens is 1. The number of carbonyl (C=O) groups is 1. The summed E-state index contributed by atoms with van der Waals surface area (Å²) in [5.74, 6) is 0.616. The molecule has 3 aromatic carbocycles.